The number of aryl methyl sites for hydroxylation is 1. The fourth-order valence-corrected chi connectivity index (χ4v) is 7.38. The Morgan fingerprint density at radius 2 is 1.35 bits per heavy atom. The molecule has 0 saturated heterocycles. The molecule has 4 aromatic rings. The molecule has 4 aromatic carbocycles. The maximum Gasteiger partial charge on any atom is 1.00 e. The summed E-state index contributed by atoms with van der Waals surface area (Å²) in [6, 6.07) is 24.6. The number of aliphatic hydroxyl groups excluding tert-OH is 1. The first-order valence-corrected chi connectivity index (χ1v) is 21.7. The molecule has 0 radical (unpaired) electrons. The van der Waals surface area contributed by atoms with Crippen LogP contribution in [0, 0.1) is 27.9 Å². The molecule has 2 aliphatic carbocycles. The van der Waals surface area contributed by atoms with Crippen molar-refractivity contribution in [2.75, 3.05) is 14.2 Å². The number of esters is 2. The number of halogens is 4. The van der Waals surface area contributed by atoms with Crippen molar-refractivity contribution in [2.24, 2.45) is 11.8 Å². The van der Waals surface area contributed by atoms with Crippen LogP contribution in [0.2, 0.25) is 0 Å². The van der Waals surface area contributed by atoms with Gasteiger partial charge >= 0.3 is 30.8 Å². The van der Waals surface area contributed by atoms with Crippen molar-refractivity contribution in [1.82, 2.24) is 0 Å². The zero-order valence-electron chi connectivity index (χ0n) is 33.6. The monoisotopic (exact) mass is 970 g/mol. The largest absolute Gasteiger partial charge is 1.00 e. The van der Waals surface area contributed by atoms with Crippen LogP contribution in [0.1, 0.15) is 96.3 Å². The number of fused-ring (bicyclic) bond motifs is 1. The first kappa shape index (κ1) is 51.1. The first-order chi connectivity index (χ1) is 28.0. The Morgan fingerprint density at radius 3 is 1.82 bits per heavy atom. The zero-order valence-corrected chi connectivity index (χ0v) is 37.5. The van der Waals surface area contributed by atoms with Crippen molar-refractivity contribution in [3.63, 3.8) is 0 Å². The minimum absolute atomic E-state index is 0. The third-order valence-electron chi connectivity index (χ3n) is 10.2. The van der Waals surface area contributed by atoms with Gasteiger partial charge in [0.25, 0.3) is 0 Å². The van der Waals surface area contributed by atoms with E-state index in [9.17, 15) is 19.1 Å². The molecule has 2 saturated carbocycles. The van der Waals surface area contributed by atoms with E-state index in [-0.39, 0.29) is 66.9 Å². The smallest absolute Gasteiger partial charge is 0.508 e. The van der Waals surface area contributed by atoms with Gasteiger partial charge in [-0.1, -0.05) is 87.0 Å². The summed E-state index contributed by atoms with van der Waals surface area (Å²) in [5, 5.41) is 18.8. The van der Waals surface area contributed by atoms with Gasteiger partial charge in [0.15, 0.2) is 0 Å². The number of carbonyl (C=O) groups excluding carboxylic acids is 2. The quantitative estimate of drug-likeness (QED) is 0.166. The van der Waals surface area contributed by atoms with Crippen molar-refractivity contribution in [3.8, 4) is 11.5 Å². The minimum Gasteiger partial charge on any atom is -0.508 e. The molecule has 60 heavy (non-hydrogen) atoms. The maximum absolute atomic E-state index is 14.4. The van der Waals surface area contributed by atoms with E-state index in [2.05, 4.69) is 50.6 Å². The molecule has 2 fully saturated rings. The number of aliphatic hydroxyl groups is 1. The van der Waals surface area contributed by atoms with Crippen LogP contribution in [0.15, 0.2) is 94.4 Å². The zero-order chi connectivity index (χ0) is 43.3. The van der Waals surface area contributed by atoms with Gasteiger partial charge in [0.05, 0.1) is 33.7 Å². The van der Waals surface area contributed by atoms with Gasteiger partial charge in [-0.25, -0.2) is 23.0 Å². The first-order valence-electron chi connectivity index (χ1n) is 18.8. The van der Waals surface area contributed by atoms with Crippen LogP contribution in [-0.4, -0.2) is 36.4 Å². The van der Waals surface area contributed by atoms with Crippen molar-refractivity contribution in [3.05, 3.63) is 134 Å². The predicted octanol–water partition coefficient (Wildman–Crippen LogP) is 2.99. The van der Waals surface area contributed by atoms with Gasteiger partial charge in [0.2, 0.25) is 0 Å². The molecule has 3 atom stereocenters. The average molecular weight is 973 g/mol. The Hall–Kier alpha value is -3.26. The summed E-state index contributed by atoms with van der Waals surface area (Å²) in [6.07, 6.45) is 8.39. The number of ether oxygens (including phenoxy) is 3. The fraction of sp³-hybridized carbons (Fsp3) is 0.364. The van der Waals surface area contributed by atoms with Crippen LogP contribution in [0.25, 0.3) is 6.08 Å². The van der Waals surface area contributed by atoms with E-state index in [1.807, 2.05) is 48.5 Å². The summed E-state index contributed by atoms with van der Waals surface area (Å²) in [5.74, 6) is 1.54. The minimum atomic E-state index is -4.94. The summed E-state index contributed by atoms with van der Waals surface area (Å²) >= 11 is 6.64. The number of phenols is 1. The number of carbonyl (C=O) groups is 2. The molecule has 318 valence electrons. The van der Waals surface area contributed by atoms with Crippen molar-refractivity contribution >= 4 is 49.9 Å². The normalized spacial score (nSPS) is 16.1. The third-order valence-corrected chi connectivity index (χ3v) is 11.2. The maximum atomic E-state index is 14.4. The number of hydrogen-bond donors (Lipinski definition) is 2. The molecule has 1 aliphatic heterocycles. The molecule has 0 spiro atoms. The molecular weight excluding hydrogens is 926 g/mol. The Bertz CT molecular complexity index is 2020. The molecule has 1 heterocycles. The summed E-state index contributed by atoms with van der Waals surface area (Å²) in [6.45, 7) is 3.46. The van der Waals surface area contributed by atoms with E-state index in [0.717, 1.165) is 75.5 Å². The Balaban J connectivity index is 0.000000250. The molecule has 16 heteroatoms. The molecule has 11 nitrogen and oxygen atoms in total. The van der Waals surface area contributed by atoms with Crippen molar-refractivity contribution in [1.29, 1.82) is 0 Å². The number of benzene rings is 4. The number of methoxy groups -OCH3 is 2. The average Bonchev–Trinajstić information content (AvgIpc) is 4.14. The molecule has 3 aliphatic rings. The Kier molecular flexibility index (Phi) is 20.8. The number of rotatable bonds is 11. The van der Waals surface area contributed by atoms with Gasteiger partial charge in [0.1, 0.15) is 23.4 Å². The van der Waals surface area contributed by atoms with Gasteiger partial charge in [-0.3, -0.25) is 9.59 Å². The molecule has 7 rings (SSSR count). The molecular formula is C44H47Br2ClFLiO11. The second-order valence-electron chi connectivity index (χ2n) is 14.3. The van der Waals surface area contributed by atoms with E-state index in [0.29, 0.717) is 35.8 Å². The van der Waals surface area contributed by atoms with E-state index >= 15 is 0 Å². The molecule has 0 bridgehead atoms. The van der Waals surface area contributed by atoms with E-state index in [1.165, 1.54) is 20.3 Å². The second kappa shape index (κ2) is 24.4. The van der Waals surface area contributed by atoms with Gasteiger partial charge in [-0.05, 0) is 121 Å². The van der Waals surface area contributed by atoms with Crippen LogP contribution in [0.4, 0.5) is 4.39 Å². The Morgan fingerprint density at radius 1 is 0.833 bits per heavy atom. The van der Waals surface area contributed by atoms with Gasteiger partial charge in [0, 0.05) is 20.1 Å². The summed E-state index contributed by atoms with van der Waals surface area (Å²) < 4.78 is 65.9. The van der Waals surface area contributed by atoms with Crippen molar-refractivity contribution < 1.29 is 86.1 Å². The predicted molar refractivity (Wildman–Crippen MR) is 215 cm³/mol. The second-order valence-corrected chi connectivity index (χ2v) is 16.9. The van der Waals surface area contributed by atoms with Gasteiger partial charge < -0.3 is 24.4 Å². The number of aromatic hydroxyl groups is 1. The van der Waals surface area contributed by atoms with Crippen LogP contribution < -0.4 is 42.2 Å². The topological polar surface area (TPSA) is 195 Å². The molecule has 1 unspecified atom stereocenters. The molecule has 0 aromatic heterocycles. The van der Waals surface area contributed by atoms with Crippen molar-refractivity contribution in [2.45, 2.75) is 75.9 Å². The van der Waals surface area contributed by atoms with Crippen LogP contribution >= 0.6 is 31.9 Å². The van der Waals surface area contributed by atoms with Crippen LogP contribution in [-0.2, 0) is 32.1 Å². The summed E-state index contributed by atoms with van der Waals surface area (Å²) in [4.78, 5) is 23.2. The summed E-state index contributed by atoms with van der Waals surface area (Å²) in [5.41, 5.74) is 5.43. The Labute approximate surface area is 380 Å². The molecule has 2 N–H and O–H groups in total. The van der Waals surface area contributed by atoms with Gasteiger partial charge in [-0.2, -0.15) is 0 Å². The number of hydrogen-bond acceptors (Lipinski definition) is 11. The molecule has 0 amide bonds. The van der Waals surface area contributed by atoms with Crippen LogP contribution in [0.5, 0.6) is 11.5 Å². The summed E-state index contributed by atoms with van der Waals surface area (Å²) in [7, 11) is -2.13. The third kappa shape index (κ3) is 16.9. The van der Waals surface area contributed by atoms with E-state index in [1.54, 1.807) is 18.2 Å². The van der Waals surface area contributed by atoms with Gasteiger partial charge in [-0.15, -0.1) is 10.2 Å². The SMILES string of the molecule is C=Cc1ccc(Br)cc1.COC(=O)C[C@H](c1ccc(CO)c(O)c1)C1CC1.COC(=O)C[C@H](c1ccc2c(c1)OC(c1ccc(Br)cc1F)CC2)C1CC1.[Li+].[O-][Cl+3]([O-])([O-])[O-]. The fourth-order valence-electron chi connectivity index (χ4n) is 6.78. The van der Waals surface area contributed by atoms with Crippen LogP contribution in [0.3, 0.4) is 0 Å². The van der Waals surface area contributed by atoms with E-state index in [4.69, 9.17) is 38.0 Å². The standard InChI is InChI=1S/C22H22BrFO3.C14H18O4.C8H7Br.ClHO4.Li/c1-26-22(25)12-18(13-2-3-13)15-5-4-14-6-9-20(27-21(14)10-15)17-8-7-16(23)11-19(17)24;1-18-14(17)7-12(9-2-3-9)10-4-5-11(8-15)13(16)6-10;1-2-7-3-5-8(9)6-4-7;2-1(3,4)5;/h4-5,7-8,10-11,13,18,20H,2-3,6,9,12H2,1H3;4-6,9,12,15-16H,2-3,7-8H2,1H3;2-6H,1H2;(H,2,3,4,5);/q;;;;+1/p-1/t18-,20?;12-;;;/m00.../s1. The van der Waals surface area contributed by atoms with E-state index < -0.39 is 10.2 Å².